The summed E-state index contributed by atoms with van der Waals surface area (Å²) in [6.45, 7) is 0. The molecule has 0 bridgehead atoms. The van der Waals surface area contributed by atoms with Gasteiger partial charge >= 0.3 is 0 Å². The quantitative estimate of drug-likeness (QED) is 0.915. The highest BCUT2D eigenvalue weighted by Crippen LogP contribution is 2.19. The van der Waals surface area contributed by atoms with Crippen LogP contribution in [0.4, 0.5) is 4.39 Å². The van der Waals surface area contributed by atoms with Crippen molar-refractivity contribution in [1.82, 2.24) is 10.3 Å². The highest BCUT2D eigenvalue weighted by Gasteiger charge is 2.21. The summed E-state index contributed by atoms with van der Waals surface area (Å²) in [5.41, 5.74) is 7.78. The molecule has 1 fully saturated rings. The number of rotatable bonds is 3. The lowest BCUT2D eigenvalue weighted by atomic mass is 9.91. The van der Waals surface area contributed by atoms with E-state index < -0.39 is 0 Å². The van der Waals surface area contributed by atoms with Gasteiger partial charge < -0.3 is 11.1 Å². The number of amides is 1. The van der Waals surface area contributed by atoms with E-state index in [0.29, 0.717) is 16.8 Å². The molecule has 1 aliphatic rings. The molecule has 0 unspecified atom stereocenters. The first-order valence-electron chi connectivity index (χ1n) is 7.90. The van der Waals surface area contributed by atoms with Gasteiger partial charge in [-0.15, -0.1) is 0 Å². The Balaban J connectivity index is 1.68. The Morgan fingerprint density at radius 1 is 1.26 bits per heavy atom. The largest absolute Gasteiger partial charge is 0.349 e. The minimum atomic E-state index is -0.306. The molecule has 2 atom stereocenters. The molecular formula is C18H20FN3O. The number of nitrogens with zero attached hydrogens (tertiary/aromatic N) is 1. The molecule has 1 aromatic carbocycles. The van der Waals surface area contributed by atoms with E-state index in [1.54, 1.807) is 24.3 Å². The summed E-state index contributed by atoms with van der Waals surface area (Å²) >= 11 is 0. The van der Waals surface area contributed by atoms with Crippen molar-refractivity contribution in [2.75, 3.05) is 0 Å². The molecule has 1 saturated carbocycles. The first kappa shape index (κ1) is 15.6. The number of pyridine rings is 1. The van der Waals surface area contributed by atoms with Crippen molar-refractivity contribution >= 4 is 5.91 Å². The predicted molar refractivity (Wildman–Crippen MR) is 87.3 cm³/mol. The number of aromatic nitrogens is 1. The fourth-order valence-corrected chi connectivity index (χ4v) is 2.97. The van der Waals surface area contributed by atoms with Gasteiger partial charge in [-0.25, -0.2) is 4.39 Å². The average Bonchev–Trinajstić information content (AvgIpc) is 2.55. The van der Waals surface area contributed by atoms with Crippen molar-refractivity contribution < 1.29 is 9.18 Å². The number of benzene rings is 1. The molecule has 3 N–H and O–H groups in total. The molecule has 1 aromatic heterocycles. The molecule has 0 spiro atoms. The smallest absolute Gasteiger partial charge is 0.253 e. The van der Waals surface area contributed by atoms with E-state index in [1.165, 1.54) is 18.3 Å². The summed E-state index contributed by atoms with van der Waals surface area (Å²) in [7, 11) is 0. The van der Waals surface area contributed by atoms with Crippen LogP contribution in [0.5, 0.6) is 0 Å². The Hall–Kier alpha value is -2.27. The van der Waals surface area contributed by atoms with Crippen LogP contribution in [-0.2, 0) is 0 Å². The van der Waals surface area contributed by atoms with Crippen LogP contribution in [0.2, 0.25) is 0 Å². The Labute approximate surface area is 134 Å². The second-order valence-corrected chi connectivity index (χ2v) is 6.04. The molecule has 1 heterocycles. The van der Waals surface area contributed by atoms with Crippen LogP contribution in [-0.4, -0.2) is 23.0 Å². The summed E-state index contributed by atoms with van der Waals surface area (Å²) in [5.74, 6) is -0.442. The van der Waals surface area contributed by atoms with Crippen LogP contribution in [0.1, 0.15) is 36.0 Å². The Morgan fingerprint density at radius 3 is 2.83 bits per heavy atom. The van der Waals surface area contributed by atoms with Crippen molar-refractivity contribution in [3.8, 4) is 11.3 Å². The number of carbonyl (C=O) groups is 1. The zero-order chi connectivity index (χ0) is 16.2. The fourth-order valence-electron chi connectivity index (χ4n) is 2.97. The van der Waals surface area contributed by atoms with Gasteiger partial charge in [0.05, 0.1) is 11.3 Å². The Bertz CT molecular complexity index is 687. The van der Waals surface area contributed by atoms with Gasteiger partial charge in [-0.1, -0.05) is 12.1 Å². The Kier molecular flexibility index (Phi) is 4.67. The molecule has 120 valence electrons. The number of nitrogens with two attached hydrogens (primary N) is 1. The molecule has 2 aromatic rings. The lowest BCUT2D eigenvalue weighted by Crippen LogP contribution is -2.42. The van der Waals surface area contributed by atoms with E-state index in [1.807, 2.05) is 0 Å². The molecule has 0 saturated heterocycles. The van der Waals surface area contributed by atoms with Crippen LogP contribution in [0, 0.1) is 5.82 Å². The summed E-state index contributed by atoms with van der Waals surface area (Å²) < 4.78 is 13.3. The number of hydrogen-bond donors (Lipinski definition) is 2. The van der Waals surface area contributed by atoms with Crippen LogP contribution in [0.3, 0.4) is 0 Å². The number of hydrogen-bond acceptors (Lipinski definition) is 3. The third-order valence-corrected chi connectivity index (χ3v) is 4.20. The SMILES string of the molecule is N[C@H]1CCC[C@H](NC(=O)c2ccc(-c3cccc(F)c3)nc2)C1. The van der Waals surface area contributed by atoms with Crippen molar-refractivity contribution in [2.24, 2.45) is 5.73 Å². The molecular weight excluding hydrogens is 293 g/mol. The molecule has 0 aliphatic heterocycles. The maximum Gasteiger partial charge on any atom is 0.253 e. The summed E-state index contributed by atoms with van der Waals surface area (Å²) in [4.78, 5) is 16.5. The van der Waals surface area contributed by atoms with Crippen molar-refractivity contribution in [2.45, 2.75) is 37.8 Å². The Morgan fingerprint density at radius 2 is 2.13 bits per heavy atom. The second kappa shape index (κ2) is 6.87. The highest BCUT2D eigenvalue weighted by molar-refractivity contribution is 5.94. The first-order chi connectivity index (χ1) is 11.1. The molecule has 0 radical (unpaired) electrons. The van der Waals surface area contributed by atoms with Crippen LogP contribution >= 0.6 is 0 Å². The second-order valence-electron chi connectivity index (χ2n) is 6.04. The molecule has 3 rings (SSSR count). The average molecular weight is 313 g/mol. The van der Waals surface area contributed by atoms with Crippen molar-refractivity contribution in [3.63, 3.8) is 0 Å². The summed E-state index contributed by atoms with van der Waals surface area (Å²) in [6.07, 6.45) is 5.38. The molecule has 5 heteroatoms. The van der Waals surface area contributed by atoms with Gasteiger partial charge in [-0.3, -0.25) is 9.78 Å². The standard InChI is InChI=1S/C18H20FN3O/c19-14-4-1-3-12(9-14)17-8-7-13(11-21-17)18(23)22-16-6-2-5-15(20)10-16/h1,3-4,7-9,11,15-16H,2,5-6,10,20H2,(H,22,23)/t15-,16-/m0/s1. The monoisotopic (exact) mass is 313 g/mol. The summed E-state index contributed by atoms with van der Waals surface area (Å²) in [6, 6.07) is 9.98. The zero-order valence-electron chi connectivity index (χ0n) is 12.8. The van der Waals surface area contributed by atoms with Crippen LogP contribution in [0.25, 0.3) is 11.3 Å². The van der Waals surface area contributed by atoms with E-state index >= 15 is 0 Å². The van der Waals surface area contributed by atoms with Crippen molar-refractivity contribution in [1.29, 1.82) is 0 Å². The molecule has 1 amide bonds. The molecule has 1 aliphatic carbocycles. The normalized spacial score (nSPS) is 21.0. The third kappa shape index (κ3) is 3.93. The van der Waals surface area contributed by atoms with Gasteiger partial charge in [0.15, 0.2) is 0 Å². The van der Waals surface area contributed by atoms with Crippen LogP contribution < -0.4 is 11.1 Å². The van der Waals surface area contributed by atoms with E-state index in [0.717, 1.165) is 25.7 Å². The van der Waals surface area contributed by atoms with Gasteiger partial charge in [-0.2, -0.15) is 0 Å². The van der Waals surface area contributed by atoms with Gasteiger partial charge in [0.2, 0.25) is 0 Å². The van der Waals surface area contributed by atoms with E-state index in [9.17, 15) is 9.18 Å². The minimum absolute atomic E-state index is 0.133. The van der Waals surface area contributed by atoms with E-state index in [2.05, 4.69) is 10.3 Å². The highest BCUT2D eigenvalue weighted by atomic mass is 19.1. The predicted octanol–water partition coefficient (Wildman–Crippen LogP) is 2.89. The zero-order valence-corrected chi connectivity index (χ0v) is 12.8. The van der Waals surface area contributed by atoms with Gasteiger partial charge in [-0.05, 0) is 49.9 Å². The molecule has 4 nitrogen and oxygen atoms in total. The first-order valence-corrected chi connectivity index (χ1v) is 7.90. The number of nitrogens with one attached hydrogen (secondary N) is 1. The fraction of sp³-hybridized carbons (Fsp3) is 0.333. The van der Waals surface area contributed by atoms with Crippen molar-refractivity contribution in [3.05, 3.63) is 54.0 Å². The minimum Gasteiger partial charge on any atom is -0.349 e. The van der Waals surface area contributed by atoms with E-state index in [-0.39, 0.29) is 23.8 Å². The van der Waals surface area contributed by atoms with E-state index in [4.69, 9.17) is 5.73 Å². The topological polar surface area (TPSA) is 68.0 Å². The van der Waals surface area contributed by atoms with Gasteiger partial charge in [0, 0.05) is 23.8 Å². The maximum absolute atomic E-state index is 13.3. The third-order valence-electron chi connectivity index (χ3n) is 4.20. The number of halogens is 1. The molecule has 23 heavy (non-hydrogen) atoms. The lowest BCUT2D eigenvalue weighted by molar-refractivity contribution is 0.0925. The van der Waals surface area contributed by atoms with Gasteiger partial charge in [0.1, 0.15) is 5.82 Å². The van der Waals surface area contributed by atoms with Crippen LogP contribution in [0.15, 0.2) is 42.6 Å². The summed E-state index contributed by atoms with van der Waals surface area (Å²) in [5, 5.41) is 3.01. The lowest BCUT2D eigenvalue weighted by Gasteiger charge is -2.27. The maximum atomic E-state index is 13.3. The van der Waals surface area contributed by atoms with Gasteiger partial charge in [0.25, 0.3) is 5.91 Å². The number of carbonyl (C=O) groups excluding carboxylic acids is 1.